The molecule has 0 atom stereocenters. The fraction of sp³-hybridized carbons (Fsp3) is 0. The minimum Gasteiger partial charge on any atom is -0.309 e. The van der Waals surface area contributed by atoms with Crippen LogP contribution in [0.2, 0.25) is 0 Å². The molecule has 70 heavy (non-hydrogen) atoms. The lowest BCUT2D eigenvalue weighted by Crippen LogP contribution is -2.25. The smallest absolute Gasteiger partial charge is 0.171 e. The standard InChI is InChI=1S/C66H46O2P2/c67-69(51-33-17-5-18-34-51,52-35-19-6-20-36-52)55-41-43-57-59(45-55)64(50-31-15-4-16-32-50)66-62(48-27-11-2-12-28-48)58-44-42-56(70(68,53-37-21-7-22-38-53)54-39-23-8-24-40-54)46-60(58)63(49-29-13-3-14-30-49)65(66)61(57)47-25-9-1-10-26-47/h1-46H. The van der Waals surface area contributed by atoms with Gasteiger partial charge in [0.15, 0.2) is 14.3 Å². The lowest BCUT2D eigenvalue weighted by atomic mass is 9.77. The van der Waals surface area contributed by atoms with Crippen molar-refractivity contribution in [3.8, 4) is 44.5 Å². The monoisotopic (exact) mass is 932 g/mol. The molecule has 12 aromatic carbocycles. The van der Waals surface area contributed by atoms with E-state index in [9.17, 15) is 0 Å². The van der Waals surface area contributed by atoms with Crippen LogP contribution in [0.5, 0.6) is 0 Å². The van der Waals surface area contributed by atoms with Crippen LogP contribution in [0.4, 0.5) is 0 Å². The molecule has 4 heteroatoms. The Bertz CT molecular complexity index is 3590. The molecular formula is C66H46O2P2. The highest BCUT2D eigenvalue weighted by Crippen LogP contribution is 2.55. The van der Waals surface area contributed by atoms with Crippen LogP contribution in [-0.2, 0) is 9.13 Å². The van der Waals surface area contributed by atoms with E-state index < -0.39 is 14.3 Å². The molecule has 332 valence electrons. The van der Waals surface area contributed by atoms with Crippen molar-refractivity contribution in [2.24, 2.45) is 0 Å². The number of hydrogen-bond donors (Lipinski definition) is 0. The molecule has 0 aliphatic rings. The molecule has 12 rings (SSSR count). The average Bonchev–Trinajstić information content (AvgIpc) is 3.45. The molecule has 0 amide bonds. The van der Waals surface area contributed by atoms with Crippen LogP contribution >= 0.6 is 14.3 Å². The molecular weight excluding hydrogens is 887 g/mol. The van der Waals surface area contributed by atoms with Gasteiger partial charge in [-0.3, -0.25) is 0 Å². The molecule has 0 unspecified atom stereocenters. The molecule has 0 saturated heterocycles. The van der Waals surface area contributed by atoms with Gasteiger partial charge in [0, 0.05) is 31.8 Å². The minimum absolute atomic E-state index is 0.764. The third-order valence-corrected chi connectivity index (χ3v) is 19.9. The van der Waals surface area contributed by atoms with Crippen molar-refractivity contribution in [1.82, 2.24) is 0 Å². The Kier molecular flexibility index (Phi) is 11.2. The zero-order valence-electron chi connectivity index (χ0n) is 38.3. The predicted octanol–water partition coefficient (Wildman–Crippen LogP) is 15.1. The van der Waals surface area contributed by atoms with Crippen LogP contribution in [-0.4, -0.2) is 0 Å². The van der Waals surface area contributed by atoms with Gasteiger partial charge in [0.2, 0.25) is 0 Å². The molecule has 0 aliphatic heterocycles. The molecule has 0 saturated carbocycles. The predicted molar refractivity (Wildman–Crippen MR) is 299 cm³/mol. The van der Waals surface area contributed by atoms with Gasteiger partial charge >= 0.3 is 0 Å². The topological polar surface area (TPSA) is 34.1 Å². The van der Waals surface area contributed by atoms with Gasteiger partial charge in [-0.2, -0.15) is 0 Å². The van der Waals surface area contributed by atoms with E-state index in [0.29, 0.717) is 0 Å². The van der Waals surface area contributed by atoms with Gasteiger partial charge in [-0.05, 0) is 89.0 Å². The molecule has 0 aliphatic carbocycles. The zero-order valence-corrected chi connectivity index (χ0v) is 40.1. The summed E-state index contributed by atoms with van der Waals surface area (Å²) >= 11 is 0. The minimum atomic E-state index is -3.41. The van der Waals surface area contributed by atoms with Gasteiger partial charge in [-0.15, -0.1) is 0 Å². The first-order valence-corrected chi connectivity index (χ1v) is 27.1. The Labute approximate surface area is 409 Å². The number of fused-ring (bicyclic) bond motifs is 3. The van der Waals surface area contributed by atoms with Gasteiger partial charge in [0.05, 0.1) is 0 Å². The van der Waals surface area contributed by atoms with Crippen molar-refractivity contribution >= 4 is 78.4 Å². The van der Waals surface area contributed by atoms with Crippen LogP contribution in [0.1, 0.15) is 0 Å². The summed E-state index contributed by atoms with van der Waals surface area (Å²) in [7, 11) is -6.81. The van der Waals surface area contributed by atoms with E-state index in [4.69, 9.17) is 0 Å². The van der Waals surface area contributed by atoms with Gasteiger partial charge in [-0.1, -0.05) is 267 Å². The lowest BCUT2D eigenvalue weighted by Gasteiger charge is -2.27. The molecule has 0 fully saturated rings. The highest BCUT2D eigenvalue weighted by molar-refractivity contribution is 7.85. The van der Waals surface area contributed by atoms with E-state index in [2.05, 4.69) is 158 Å². The molecule has 0 heterocycles. The van der Waals surface area contributed by atoms with Crippen LogP contribution in [0.15, 0.2) is 279 Å². The third-order valence-electron chi connectivity index (χ3n) is 13.8. The Morgan fingerprint density at radius 3 is 0.657 bits per heavy atom. The van der Waals surface area contributed by atoms with Crippen molar-refractivity contribution in [3.05, 3.63) is 279 Å². The van der Waals surface area contributed by atoms with E-state index >= 15 is 9.13 Å². The Morgan fingerprint density at radius 2 is 0.414 bits per heavy atom. The van der Waals surface area contributed by atoms with Gasteiger partial charge in [0.25, 0.3) is 0 Å². The van der Waals surface area contributed by atoms with E-state index in [1.54, 1.807) is 0 Å². The van der Waals surface area contributed by atoms with Gasteiger partial charge in [0.1, 0.15) is 0 Å². The Balaban J connectivity index is 1.34. The quantitative estimate of drug-likeness (QED) is 0.101. The summed E-state index contributed by atoms with van der Waals surface area (Å²) in [6.45, 7) is 0. The molecule has 0 aromatic heterocycles. The first-order valence-electron chi connectivity index (χ1n) is 23.7. The summed E-state index contributed by atoms with van der Waals surface area (Å²) in [5.41, 5.74) is 8.48. The second-order valence-corrected chi connectivity index (χ2v) is 23.3. The maximum absolute atomic E-state index is 16.3. The van der Waals surface area contributed by atoms with E-state index in [1.807, 2.05) is 121 Å². The van der Waals surface area contributed by atoms with Crippen molar-refractivity contribution in [2.45, 2.75) is 0 Å². The first-order chi connectivity index (χ1) is 34.5. The first kappa shape index (κ1) is 43.2. The van der Waals surface area contributed by atoms with E-state index in [-0.39, 0.29) is 0 Å². The molecule has 12 aromatic rings. The fourth-order valence-electron chi connectivity index (χ4n) is 10.7. The highest BCUT2D eigenvalue weighted by Gasteiger charge is 2.34. The second kappa shape index (κ2) is 18.1. The summed E-state index contributed by atoms with van der Waals surface area (Å²) in [6, 6.07) is 95.7. The highest BCUT2D eigenvalue weighted by atomic mass is 31.2. The molecule has 0 spiro atoms. The van der Waals surface area contributed by atoms with Crippen molar-refractivity contribution in [2.75, 3.05) is 0 Å². The van der Waals surface area contributed by atoms with Crippen molar-refractivity contribution in [3.63, 3.8) is 0 Å². The van der Waals surface area contributed by atoms with Gasteiger partial charge in [-0.25, -0.2) is 0 Å². The summed E-state index contributed by atoms with van der Waals surface area (Å²) in [4.78, 5) is 0. The summed E-state index contributed by atoms with van der Waals surface area (Å²) in [5, 5.41) is 10.9. The van der Waals surface area contributed by atoms with Crippen molar-refractivity contribution < 1.29 is 9.13 Å². The Hall–Kier alpha value is -8.12. The largest absolute Gasteiger partial charge is 0.309 e. The molecule has 0 radical (unpaired) electrons. The average molecular weight is 933 g/mol. The van der Waals surface area contributed by atoms with Crippen LogP contribution in [0.3, 0.4) is 0 Å². The van der Waals surface area contributed by atoms with Gasteiger partial charge < -0.3 is 9.13 Å². The summed E-state index contributed by atoms with van der Waals surface area (Å²) in [5.74, 6) is 0. The van der Waals surface area contributed by atoms with Crippen molar-refractivity contribution in [1.29, 1.82) is 0 Å². The van der Waals surface area contributed by atoms with Crippen LogP contribution in [0.25, 0.3) is 76.8 Å². The summed E-state index contributed by atoms with van der Waals surface area (Å²) in [6.07, 6.45) is 0. The van der Waals surface area contributed by atoms with Crippen LogP contribution < -0.4 is 31.8 Å². The zero-order chi connectivity index (χ0) is 47.1. The fourth-order valence-corrected chi connectivity index (χ4v) is 16.0. The maximum Gasteiger partial charge on any atom is 0.171 e. The number of benzene rings is 12. The summed E-state index contributed by atoms with van der Waals surface area (Å²) < 4.78 is 32.7. The normalized spacial score (nSPS) is 11.8. The van der Waals surface area contributed by atoms with E-state index in [0.717, 1.165) is 109 Å². The molecule has 0 bridgehead atoms. The number of rotatable bonds is 10. The maximum atomic E-state index is 16.3. The van der Waals surface area contributed by atoms with E-state index in [1.165, 1.54) is 0 Å². The SMILES string of the molecule is O=P(c1ccccc1)(c1ccccc1)c1ccc2c(-c3ccccc3)c3c(-c4ccccc4)c4cc(P(=O)(c5ccccc5)c5ccccc5)ccc4c(-c4ccccc4)c3c(-c3ccccc3)c2c1. The Morgan fingerprint density at radius 1 is 0.200 bits per heavy atom. The second-order valence-electron chi connectivity index (χ2n) is 17.7. The third kappa shape index (κ3) is 7.19. The van der Waals surface area contributed by atoms with Crippen LogP contribution in [0, 0.1) is 0 Å². The molecule has 0 N–H and O–H groups in total. The number of hydrogen-bond acceptors (Lipinski definition) is 2. The lowest BCUT2D eigenvalue weighted by molar-refractivity contribution is 0.591. The molecule has 2 nitrogen and oxygen atoms in total.